The average molecular weight is 458 g/mol. The molecule has 0 saturated carbocycles. The predicted molar refractivity (Wildman–Crippen MR) is 123 cm³/mol. The van der Waals surface area contributed by atoms with Gasteiger partial charge >= 0.3 is 6.01 Å². The van der Waals surface area contributed by atoms with Crippen LogP contribution in [0.2, 0.25) is 0 Å². The van der Waals surface area contributed by atoms with Gasteiger partial charge in [-0.15, -0.1) is 0 Å². The van der Waals surface area contributed by atoms with Crippen LogP contribution in [-0.2, 0) is 4.74 Å². The van der Waals surface area contributed by atoms with E-state index in [0.717, 1.165) is 34.4 Å². The van der Waals surface area contributed by atoms with Gasteiger partial charge in [-0.25, -0.2) is 4.98 Å². The summed E-state index contributed by atoms with van der Waals surface area (Å²) in [7, 11) is 2.95. The van der Waals surface area contributed by atoms with E-state index in [9.17, 15) is 4.79 Å². The molecule has 170 valence electrons. The molecule has 1 amide bonds. The van der Waals surface area contributed by atoms with Crippen molar-refractivity contribution in [1.29, 1.82) is 0 Å². The number of anilines is 1. The number of ether oxygens (including phenoxy) is 3. The Morgan fingerprint density at radius 1 is 1.12 bits per heavy atom. The molecule has 1 aliphatic heterocycles. The third-order valence-electron chi connectivity index (χ3n) is 5.32. The third-order valence-corrected chi connectivity index (χ3v) is 6.55. The van der Waals surface area contributed by atoms with Crippen LogP contribution in [0.25, 0.3) is 10.2 Å². The molecule has 1 aliphatic rings. The van der Waals surface area contributed by atoms with Crippen LogP contribution in [0.4, 0.5) is 5.13 Å². The summed E-state index contributed by atoms with van der Waals surface area (Å²) < 4.78 is 16.9. The average Bonchev–Trinajstić information content (AvgIpc) is 3.23. The van der Waals surface area contributed by atoms with Crippen LogP contribution in [0.15, 0.2) is 18.2 Å². The van der Waals surface area contributed by atoms with E-state index >= 15 is 0 Å². The van der Waals surface area contributed by atoms with Crippen LogP contribution >= 0.6 is 11.3 Å². The smallest absolute Gasteiger partial charge is 0.320 e. The Morgan fingerprint density at radius 2 is 1.91 bits per heavy atom. The minimum atomic E-state index is -0.273. The first-order valence-corrected chi connectivity index (χ1v) is 11.3. The van der Waals surface area contributed by atoms with Crippen molar-refractivity contribution in [3.8, 4) is 11.9 Å². The molecular weight excluding hydrogens is 430 g/mol. The van der Waals surface area contributed by atoms with Crippen molar-refractivity contribution in [2.24, 2.45) is 0 Å². The van der Waals surface area contributed by atoms with Gasteiger partial charge in [0.05, 0.1) is 37.6 Å². The molecular formula is C22H27N5O4S. The Kier molecular flexibility index (Phi) is 6.83. The number of morpholine rings is 1. The maximum Gasteiger partial charge on any atom is 0.320 e. The molecule has 0 aliphatic carbocycles. The molecule has 0 radical (unpaired) electrons. The molecule has 10 heteroatoms. The van der Waals surface area contributed by atoms with E-state index in [0.29, 0.717) is 31.4 Å². The molecule has 3 heterocycles. The first kappa shape index (κ1) is 22.4. The van der Waals surface area contributed by atoms with Crippen molar-refractivity contribution in [3.63, 3.8) is 0 Å². The van der Waals surface area contributed by atoms with Gasteiger partial charge < -0.3 is 14.2 Å². The number of carbonyl (C=O) groups excluding carboxylic acids is 1. The van der Waals surface area contributed by atoms with Crippen molar-refractivity contribution in [2.45, 2.75) is 13.8 Å². The SMILES string of the molecule is COc1cc(C(=O)N(CCN2CCOCC2)c2nc3cc(C)cc(C)c3s2)nc(OC)n1. The lowest BCUT2D eigenvalue weighted by molar-refractivity contribution is 0.0391. The monoisotopic (exact) mass is 457 g/mol. The van der Waals surface area contributed by atoms with E-state index < -0.39 is 0 Å². The Balaban J connectivity index is 1.70. The zero-order chi connectivity index (χ0) is 22.7. The molecule has 0 spiro atoms. The molecule has 0 atom stereocenters. The largest absolute Gasteiger partial charge is 0.481 e. The maximum atomic E-state index is 13.6. The second-order valence-electron chi connectivity index (χ2n) is 7.62. The molecule has 9 nitrogen and oxygen atoms in total. The normalized spacial score (nSPS) is 14.5. The molecule has 1 aromatic carbocycles. The summed E-state index contributed by atoms with van der Waals surface area (Å²) in [6.07, 6.45) is 0. The lowest BCUT2D eigenvalue weighted by atomic mass is 10.1. The highest BCUT2D eigenvalue weighted by Crippen LogP contribution is 2.33. The van der Waals surface area contributed by atoms with Crippen molar-refractivity contribution >= 4 is 32.6 Å². The van der Waals surface area contributed by atoms with E-state index in [1.165, 1.54) is 31.6 Å². The number of rotatable bonds is 7. The van der Waals surface area contributed by atoms with E-state index in [1.54, 1.807) is 4.90 Å². The summed E-state index contributed by atoms with van der Waals surface area (Å²) in [6, 6.07) is 5.78. The molecule has 1 fully saturated rings. The molecule has 2 aromatic heterocycles. The summed E-state index contributed by atoms with van der Waals surface area (Å²) in [5.41, 5.74) is 3.38. The van der Waals surface area contributed by atoms with Gasteiger partial charge in [0, 0.05) is 32.2 Å². The summed E-state index contributed by atoms with van der Waals surface area (Å²) in [5, 5.41) is 0.642. The third kappa shape index (κ3) is 4.82. The lowest BCUT2D eigenvalue weighted by Crippen LogP contribution is -2.43. The molecule has 1 saturated heterocycles. The number of benzene rings is 1. The quantitative estimate of drug-likeness (QED) is 0.535. The molecule has 0 bridgehead atoms. The molecule has 4 rings (SSSR count). The first-order chi connectivity index (χ1) is 15.5. The van der Waals surface area contributed by atoms with Gasteiger partial charge in [0.15, 0.2) is 5.13 Å². The highest BCUT2D eigenvalue weighted by atomic mass is 32.1. The van der Waals surface area contributed by atoms with Gasteiger partial charge in [0.2, 0.25) is 5.88 Å². The second kappa shape index (κ2) is 9.76. The Bertz CT molecular complexity index is 1090. The number of aromatic nitrogens is 3. The van der Waals surface area contributed by atoms with Crippen LogP contribution in [0, 0.1) is 13.8 Å². The Labute approximate surface area is 190 Å². The van der Waals surface area contributed by atoms with Gasteiger partial charge in [0.25, 0.3) is 5.91 Å². The van der Waals surface area contributed by atoms with Crippen LogP contribution in [0.5, 0.6) is 11.9 Å². The molecule has 32 heavy (non-hydrogen) atoms. The van der Waals surface area contributed by atoms with Gasteiger partial charge in [0.1, 0.15) is 5.69 Å². The van der Waals surface area contributed by atoms with Crippen molar-refractivity contribution in [1.82, 2.24) is 19.9 Å². The van der Waals surface area contributed by atoms with Gasteiger partial charge in [-0.1, -0.05) is 17.4 Å². The lowest BCUT2D eigenvalue weighted by Gasteiger charge is -2.29. The summed E-state index contributed by atoms with van der Waals surface area (Å²) in [6.45, 7) is 8.39. The van der Waals surface area contributed by atoms with Crippen molar-refractivity contribution in [2.75, 3.05) is 58.5 Å². The van der Waals surface area contributed by atoms with E-state index in [4.69, 9.17) is 19.2 Å². The predicted octanol–water partition coefficient (Wildman–Crippen LogP) is 2.70. The van der Waals surface area contributed by atoms with Gasteiger partial charge in [-0.05, 0) is 31.0 Å². The zero-order valence-electron chi connectivity index (χ0n) is 18.8. The highest BCUT2D eigenvalue weighted by Gasteiger charge is 2.25. The molecule has 0 N–H and O–H groups in total. The fourth-order valence-corrected chi connectivity index (χ4v) is 4.72. The number of nitrogens with zero attached hydrogens (tertiary/aromatic N) is 5. The number of aryl methyl sites for hydroxylation is 2. The summed E-state index contributed by atoms with van der Waals surface area (Å²) in [5.74, 6) is -0.00483. The number of hydrogen-bond acceptors (Lipinski definition) is 9. The van der Waals surface area contributed by atoms with E-state index in [1.807, 2.05) is 13.0 Å². The first-order valence-electron chi connectivity index (χ1n) is 10.5. The topological polar surface area (TPSA) is 89.9 Å². The van der Waals surface area contributed by atoms with Crippen LogP contribution in [0.3, 0.4) is 0 Å². The number of fused-ring (bicyclic) bond motifs is 1. The van der Waals surface area contributed by atoms with E-state index in [2.05, 4.69) is 27.9 Å². The number of methoxy groups -OCH3 is 2. The number of carbonyl (C=O) groups is 1. The van der Waals surface area contributed by atoms with E-state index in [-0.39, 0.29) is 23.5 Å². The van der Waals surface area contributed by atoms with Gasteiger partial charge in [-0.3, -0.25) is 14.6 Å². The van der Waals surface area contributed by atoms with Crippen LogP contribution < -0.4 is 14.4 Å². The maximum absolute atomic E-state index is 13.6. The summed E-state index contributed by atoms with van der Waals surface area (Å²) in [4.78, 5) is 30.8. The van der Waals surface area contributed by atoms with Crippen LogP contribution in [0.1, 0.15) is 21.6 Å². The number of amides is 1. The van der Waals surface area contributed by atoms with Crippen LogP contribution in [-0.4, -0.2) is 79.4 Å². The van der Waals surface area contributed by atoms with Crippen molar-refractivity contribution < 1.29 is 19.0 Å². The molecule has 3 aromatic rings. The zero-order valence-corrected chi connectivity index (χ0v) is 19.6. The minimum Gasteiger partial charge on any atom is -0.481 e. The Hall–Kier alpha value is -2.82. The highest BCUT2D eigenvalue weighted by molar-refractivity contribution is 7.22. The van der Waals surface area contributed by atoms with Crippen molar-refractivity contribution in [3.05, 3.63) is 35.0 Å². The second-order valence-corrected chi connectivity index (χ2v) is 8.60. The fraction of sp³-hybridized carbons (Fsp3) is 0.455. The fourth-order valence-electron chi connectivity index (χ4n) is 3.68. The number of thiazole rings is 1. The number of hydrogen-bond donors (Lipinski definition) is 0. The minimum absolute atomic E-state index is 0.0802. The summed E-state index contributed by atoms with van der Waals surface area (Å²) >= 11 is 1.52. The standard InChI is InChI=1S/C22H27N5O4S/c1-14-11-15(2)19-16(12-14)24-22(32-19)27(6-5-26-7-9-31-10-8-26)20(28)17-13-18(29-3)25-21(23-17)30-4/h11-13H,5-10H2,1-4H3. The Morgan fingerprint density at radius 3 is 2.62 bits per heavy atom. The van der Waals surface area contributed by atoms with Gasteiger partial charge in [-0.2, -0.15) is 9.97 Å². The molecule has 0 unspecified atom stereocenters.